The molecule has 6 rings (SSSR count). The van der Waals surface area contributed by atoms with E-state index < -0.39 is 0 Å². The van der Waals surface area contributed by atoms with E-state index >= 15 is 0 Å². The molecule has 1 saturated heterocycles. The van der Waals surface area contributed by atoms with Crippen molar-refractivity contribution in [3.8, 4) is 11.3 Å². The third-order valence-electron chi connectivity index (χ3n) is 6.81. The second-order valence-corrected chi connectivity index (χ2v) is 9.22. The lowest BCUT2D eigenvalue weighted by Gasteiger charge is -2.36. The maximum Gasteiger partial charge on any atom is 0.227 e. The van der Waals surface area contributed by atoms with Crippen LogP contribution in [0.3, 0.4) is 0 Å². The van der Waals surface area contributed by atoms with E-state index in [0.29, 0.717) is 37.7 Å². The highest BCUT2D eigenvalue weighted by Crippen LogP contribution is 2.29. The van der Waals surface area contributed by atoms with Gasteiger partial charge < -0.3 is 20.1 Å². The number of halogens is 1. The molecule has 192 valence electrons. The van der Waals surface area contributed by atoms with Crippen LogP contribution in [0.15, 0.2) is 79.4 Å². The number of nitrogens with zero attached hydrogens (tertiary/aromatic N) is 6. The molecule has 0 spiro atoms. The summed E-state index contributed by atoms with van der Waals surface area (Å²) in [4.78, 5) is 28.9. The van der Waals surface area contributed by atoms with Gasteiger partial charge >= 0.3 is 0 Å². The van der Waals surface area contributed by atoms with Gasteiger partial charge in [-0.2, -0.15) is 5.10 Å². The van der Waals surface area contributed by atoms with Crippen molar-refractivity contribution in [2.45, 2.75) is 13.0 Å². The molecule has 1 fully saturated rings. The molecule has 0 saturated carbocycles. The number of carbonyl (C=O) groups excluding carboxylic acids is 1. The first-order valence-electron chi connectivity index (χ1n) is 12.6. The second kappa shape index (κ2) is 10.3. The molecule has 1 aliphatic heterocycles. The van der Waals surface area contributed by atoms with Crippen LogP contribution in [0, 0.1) is 5.82 Å². The van der Waals surface area contributed by atoms with Gasteiger partial charge in [-0.25, -0.2) is 14.4 Å². The second-order valence-electron chi connectivity index (χ2n) is 9.22. The van der Waals surface area contributed by atoms with E-state index in [0.717, 1.165) is 40.9 Å². The molecular formula is C28H27FN8O. The smallest absolute Gasteiger partial charge is 0.227 e. The van der Waals surface area contributed by atoms with Crippen LogP contribution in [0.4, 0.5) is 21.7 Å². The normalized spacial score (nSPS) is 13.7. The average molecular weight is 511 g/mol. The Labute approximate surface area is 218 Å². The quantitative estimate of drug-likeness (QED) is 0.336. The fraction of sp³-hybridized carbons (Fsp3) is 0.214. The molecule has 2 N–H and O–H groups in total. The monoisotopic (exact) mass is 510 g/mol. The Morgan fingerprint density at radius 2 is 1.87 bits per heavy atom. The molecule has 10 heteroatoms. The number of rotatable bonds is 7. The third-order valence-corrected chi connectivity index (χ3v) is 6.81. The molecule has 38 heavy (non-hydrogen) atoms. The van der Waals surface area contributed by atoms with Crippen LogP contribution < -0.4 is 10.2 Å². The molecule has 1 aliphatic rings. The number of H-pyrrole nitrogens is 1. The SMILES string of the molecule is O=C(CCn1cccn1)N1CCN(c2ccc(Nc3nccc(-c4c[nH]c5ccc(F)cc45)n3)cc2)CC1. The van der Waals surface area contributed by atoms with Crippen molar-refractivity contribution >= 4 is 34.1 Å². The van der Waals surface area contributed by atoms with Crippen molar-refractivity contribution < 1.29 is 9.18 Å². The summed E-state index contributed by atoms with van der Waals surface area (Å²) < 4.78 is 15.6. The molecule has 5 aromatic rings. The van der Waals surface area contributed by atoms with Gasteiger partial charge in [-0.15, -0.1) is 0 Å². The summed E-state index contributed by atoms with van der Waals surface area (Å²) >= 11 is 0. The Balaban J connectivity index is 1.06. The van der Waals surface area contributed by atoms with Crippen molar-refractivity contribution in [3.63, 3.8) is 0 Å². The van der Waals surface area contributed by atoms with Crippen molar-refractivity contribution in [3.05, 3.63) is 85.2 Å². The zero-order chi connectivity index (χ0) is 25.9. The van der Waals surface area contributed by atoms with E-state index in [9.17, 15) is 9.18 Å². The first kappa shape index (κ1) is 23.7. The lowest BCUT2D eigenvalue weighted by molar-refractivity contribution is -0.131. The number of piperazine rings is 1. The number of aryl methyl sites for hydroxylation is 1. The maximum atomic E-state index is 13.8. The van der Waals surface area contributed by atoms with E-state index in [2.05, 4.69) is 42.4 Å². The maximum absolute atomic E-state index is 13.8. The molecule has 0 atom stereocenters. The van der Waals surface area contributed by atoms with Crippen LogP contribution in [0.5, 0.6) is 0 Å². The number of carbonyl (C=O) groups is 1. The van der Waals surface area contributed by atoms with Crippen LogP contribution in [-0.4, -0.2) is 61.7 Å². The van der Waals surface area contributed by atoms with Crippen molar-refractivity contribution in [2.75, 3.05) is 36.4 Å². The summed E-state index contributed by atoms with van der Waals surface area (Å²) in [5.74, 6) is 0.340. The van der Waals surface area contributed by atoms with Crippen LogP contribution in [0.25, 0.3) is 22.2 Å². The summed E-state index contributed by atoms with van der Waals surface area (Å²) in [6.45, 7) is 3.59. The highest BCUT2D eigenvalue weighted by molar-refractivity contribution is 5.94. The van der Waals surface area contributed by atoms with Crippen LogP contribution in [0.2, 0.25) is 0 Å². The Morgan fingerprint density at radius 1 is 1.03 bits per heavy atom. The van der Waals surface area contributed by atoms with E-state index in [4.69, 9.17) is 0 Å². The molecular weight excluding hydrogens is 483 g/mol. The lowest BCUT2D eigenvalue weighted by atomic mass is 10.1. The number of hydrogen-bond acceptors (Lipinski definition) is 6. The zero-order valence-corrected chi connectivity index (χ0v) is 20.7. The minimum atomic E-state index is -0.288. The number of aromatic amines is 1. The largest absolute Gasteiger partial charge is 0.368 e. The first-order chi connectivity index (χ1) is 18.6. The number of amides is 1. The Hall–Kier alpha value is -4.73. The lowest BCUT2D eigenvalue weighted by Crippen LogP contribution is -2.49. The van der Waals surface area contributed by atoms with Crippen molar-refractivity contribution in [1.82, 2.24) is 29.6 Å². The summed E-state index contributed by atoms with van der Waals surface area (Å²) in [7, 11) is 0. The van der Waals surface area contributed by atoms with E-state index in [-0.39, 0.29) is 11.7 Å². The molecule has 0 radical (unpaired) electrons. The van der Waals surface area contributed by atoms with E-state index in [1.807, 2.05) is 41.6 Å². The Kier molecular flexibility index (Phi) is 6.43. The molecule has 0 bridgehead atoms. The van der Waals surface area contributed by atoms with Crippen LogP contribution in [-0.2, 0) is 11.3 Å². The van der Waals surface area contributed by atoms with E-state index in [1.165, 1.54) is 12.1 Å². The standard InChI is InChI=1S/C28H27FN8O/c29-20-2-7-25-23(18-20)24(19-31-25)26-8-11-30-28(34-26)33-21-3-5-22(6-4-21)35-14-16-36(17-15-35)27(38)9-13-37-12-1-10-32-37/h1-8,10-12,18-19,31H,9,13-17H2,(H,30,33,34). The zero-order valence-electron chi connectivity index (χ0n) is 20.7. The van der Waals surface area contributed by atoms with Crippen LogP contribution >= 0.6 is 0 Å². The highest BCUT2D eigenvalue weighted by atomic mass is 19.1. The van der Waals surface area contributed by atoms with Gasteiger partial charge in [-0.3, -0.25) is 9.48 Å². The summed E-state index contributed by atoms with van der Waals surface area (Å²) in [6, 6.07) is 16.4. The molecule has 3 aromatic heterocycles. The number of hydrogen-bond donors (Lipinski definition) is 2. The topological polar surface area (TPSA) is 95.0 Å². The number of fused-ring (bicyclic) bond motifs is 1. The fourth-order valence-electron chi connectivity index (χ4n) is 4.77. The van der Waals surface area contributed by atoms with E-state index in [1.54, 1.807) is 23.1 Å². The molecule has 9 nitrogen and oxygen atoms in total. The molecule has 0 unspecified atom stereocenters. The summed E-state index contributed by atoms with van der Waals surface area (Å²) in [5, 5.41) is 8.19. The van der Waals surface area contributed by atoms with Gasteiger partial charge in [-0.05, 0) is 54.6 Å². The molecule has 2 aromatic carbocycles. The van der Waals surface area contributed by atoms with Gasteiger partial charge in [0.05, 0.1) is 5.69 Å². The van der Waals surface area contributed by atoms with Crippen molar-refractivity contribution in [2.24, 2.45) is 0 Å². The van der Waals surface area contributed by atoms with Gasteiger partial charge in [0.15, 0.2) is 0 Å². The molecule has 4 heterocycles. The predicted molar refractivity (Wildman–Crippen MR) is 145 cm³/mol. The number of nitrogens with one attached hydrogen (secondary N) is 2. The number of aromatic nitrogens is 5. The summed E-state index contributed by atoms with van der Waals surface area (Å²) in [6.07, 6.45) is 7.58. The minimum Gasteiger partial charge on any atom is -0.368 e. The van der Waals surface area contributed by atoms with Gasteiger partial charge in [-0.1, -0.05) is 0 Å². The molecule has 0 aliphatic carbocycles. The average Bonchev–Trinajstić information content (AvgIpc) is 3.62. The van der Waals surface area contributed by atoms with Crippen LogP contribution in [0.1, 0.15) is 6.42 Å². The third kappa shape index (κ3) is 5.06. The number of benzene rings is 2. The Bertz CT molecular complexity index is 1540. The first-order valence-corrected chi connectivity index (χ1v) is 12.6. The summed E-state index contributed by atoms with van der Waals surface area (Å²) in [5.41, 5.74) is 4.34. The number of anilines is 3. The van der Waals surface area contributed by atoms with Crippen molar-refractivity contribution in [1.29, 1.82) is 0 Å². The molecule has 1 amide bonds. The highest BCUT2D eigenvalue weighted by Gasteiger charge is 2.21. The Morgan fingerprint density at radius 3 is 2.66 bits per heavy atom. The van der Waals surface area contributed by atoms with Gasteiger partial charge in [0.2, 0.25) is 11.9 Å². The van der Waals surface area contributed by atoms with Gasteiger partial charge in [0.1, 0.15) is 5.82 Å². The van der Waals surface area contributed by atoms with Gasteiger partial charge in [0.25, 0.3) is 0 Å². The fourth-order valence-corrected chi connectivity index (χ4v) is 4.77. The van der Waals surface area contributed by atoms with Gasteiger partial charge in [0, 0.05) is 91.8 Å². The minimum absolute atomic E-state index is 0.166. The predicted octanol–water partition coefficient (Wildman–Crippen LogP) is 4.44.